The maximum atomic E-state index is 13.8. The molecule has 1 aromatic rings. The van der Waals surface area contributed by atoms with Crippen LogP contribution in [0.2, 0.25) is 0 Å². The van der Waals surface area contributed by atoms with E-state index in [4.69, 9.17) is 0 Å². The minimum absolute atomic E-state index is 0.0839. The first-order valence-corrected chi connectivity index (χ1v) is 15.9. The Morgan fingerprint density at radius 2 is 1.79 bits per heavy atom. The van der Waals surface area contributed by atoms with Gasteiger partial charge in [0.2, 0.25) is 0 Å². The quantitative estimate of drug-likeness (QED) is 0.231. The van der Waals surface area contributed by atoms with E-state index < -0.39 is 15.5 Å². The number of carbonyl (C=O) groups excluding carboxylic acids is 1. The summed E-state index contributed by atoms with van der Waals surface area (Å²) >= 11 is 0. The summed E-state index contributed by atoms with van der Waals surface area (Å²) in [6.45, 7) is 11.9. The van der Waals surface area contributed by atoms with Gasteiger partial charge in [0.05, 0.1) is 21.6 Å². The zero-order valence-corrected chi connectivity index (χ0v) is 25.7. The summed E-state index contributed by atoms with van der Waals surface area (Å²) in [5.41, 5.74) is 3.75. The van der Waals surface area contributed by atoms with Crippen LogP contribution in [0, 0.1) is 66.6 Å². The molecule has 42 heavy (non-hydrogen) atoms. The van der Waals surface area contributed by atoms with Gasteiger partial charge in [-0.15, -0.1) is 0 Å². The van der Waals surface area contributed by atoms with Gasteiger partial charge in [0, 0.05) is 18.1 Å². The molecule has 228 valence electrons. The van der Waals surface area contributed by atoms with Gasteiger partial charge in [0.15, 0.2) is 5.78 Å². The molecular weight excluding hydrogens is 532 g/mol. The molecule has 0 saturated heterocycles. The third kappa shape index (κ3) is 5.39. The van der Waals surface area contributed by atoms with E-state index in [1.54, 1.807) is 0 Å². The van der Waals surface area contributed by atoms with Crippen LogP contribution in [0.5, 0.6) is 0 Å². The fourth-order valence-electron chi connectivity index (χ4n) is 9.52. The van der Waals surface area contributed by atoms with Crippen molar-refractivity contribution in [3.63, 3.8) is 0 Å². The van der Waals surface area contributed by atoms with E-state index in [0.29, 0.717) is 41.7 Å². The Kier molecular flexibility index (Phi) is 8.33. The molecule has 3 saturated carbocycles. The minimum Gasteiger partial charge on any atom is -0.295 e. The molecule has 0 unspecified atom stereocenters. The van der Waals surface area contributed by atoms with Crippen molar-refractivity contribution < 1.29 is 14.6 Å². The molecule has 1 N–H and O–H groups in total. The first kappa shape index (κ1) is 30.4. The summed E-state index contributed by atoms with van der Waals surface area (Å²) in [5.74, 6) is 3.99. The number of carbonyl (C=O) groups is 1. The number of fused-ring (bicyclic) bond motifs is 5. The molecule has 4 aliphatic carbocycles. The molecule has 1 aromatic carbocycles. The highest BCUT2D eigenvalue weighted by Gasteiger charge is 2.60. The van der Waals surface area contributed by atoms with Crippen molar-refractivity contribution >= 4 is 28.6 Å². The van der Waals surface area contributed by atoms with Gasteiger partial charge >= 0.3 is 5.69 Å². The fourth-order valence-corrected chi connectivity index (χ4v) is 9.52. The molecule has 9 nitrogen and oxygen atoms in total. The van der Waals surface area contributed by atoms with Crippen molar-refractivity contribution in [3.05, 3.63) is 50.1 Å². The van der Waals surface area contributed by atoms with Crippen molar-refractivity contribution in [2.75, 3.05) is 5.43 Å². The standard InChI is InChI=1S/C33H46N4O5/c1-20(2)7-6-8-21(3)25-10-11-26-24-19-31(38)28-17-22(13-15-33(28,5)27(24)14-16-32(25,26)4)34-35-29-12-9-23(36(39)40)18-30(29)37(41)42/h9,12,17-18,20-21,24-27,35H,6-8,10-11,13-16,19H2,1-5H3/b34-22+/t21-,24+,25-,26+,27+,32-,33-/m1/s1. The first-order valence-electron chi connectivity index (χ1n) is 15.9. The number of nitrogens with one attached hydrogen (secondary N) is 1. The van der Waals surface area contributed by atoms with Crippen molar-refractivity contribution in [2.24, 2.45) is 51.4 Å². The van der Waals surface area contributed by atoms with E-state index in [9.17, 15) is 25.0 Å². The molecule has 5 rings (SSSR count). The SMILES string of the molecule is CC(C)CCC[C@@H](C)[C@H]1CC[C@H]2[C@@H]3CC(=O)C4=C/C(=N/Nc5ccc([N+](=O)[O-])cc5[N+](=O)[O-])CC[C@]4(C)[C@H]3CC[C@]12C. The lowest BCUT2D eigenvalue weighted by molar-refractivity contribution is -0.393. The van der Waals surface area contributed by atoms with Crippen LogP contribution in [0.15, 0.2) is 34.9 Å². The fraction of sp³-hybridized carbons (Fsp3) is 0.697. The number of nitro benzene ring substituents is 2. The van der Waals surface area contributed by atoms with Gasteiger partial charge in [-0.1, -0.05) is 53.9 Å². The Bertz CT molecular complexity index is 1320. The molecule has 9 heteroatoms. The summed E-state index contributed by atoms with van der Waals surface area (Å²) in [6.07, 6.45) is 12.9. The van der Waals surface area contributed by atoms with Crippen LogP contribution in [0.3, 0.4) is 0 Å². The summed E-state index contributed by atoms with van der Waals surface area (Å²) < 4.78 is 0. The number of ketones is 1. The second kappa shape index (κ2) is 11.5. The molecule has 4 aliphatic rings. The van der Waals surface area contributed by atoms with Gasteiger partial charge in [-0.2, -0.15) is 5.10 Å². The number of nitrogens with zero attached hydrogens (tertiary/aromatic N) is 3. The van der Waals surface area contributed by atoms with Crippen molar-refractivity contribution in [1.29, 1.82) is 0 Å². The van der Waals surface area contributed by atoms with Gasteiger partial charge in [-0.3, -0.25) is 30.4 Å². The Morgan fingerprint density at radius 3 is 2.48 bits per heavy atom. The maximum Gasteiger partial charge on any atom is 0.301 e. The highest BCUT2D eigenvalue weighted by atomic mass is 16.6. The van der Waals surface area contributed by atoms with E-state index in [2.05, 4.69) is 45.1 Å². The van der Waals surface area contributed by atoms with Crippen LogP contribution in [0.25, 0.3) is 0 Å². The third-order valence-electron chi connectivity index (χ3n) is 11.7. The maximum absolute atomic E-state index is 13.8. The second-order valence-electron chi connectivity index (χ2n) is 14.4. The number of rotatable bonds is 9. The van der Waals surface area contributed by atoms with Gasteiger partial charge < -0.3 is 0 Å². The zero-order chi connectivity index (χ0) is 30.4. The molecule has 0 spiro atoms. The Balaban J connectivity index is 1.33. The van der Waals surface area contributed by atoms with E-state index in [1.807, 2.05) is 6.08 Å². The summed E-state index contributed by atoms with van der Waals surface area (Å²) in [7, 11) is 0. The predicted molar refractivity (Wildman–Crippen MR) is 164 cm³/mol. The van der Waals surface area contributed by atoms with Crippen LogP contribution in [0.1, 0.15) is 98.8 Å². The van der Waals surface area contributed by atoms with Crippen molar-refractivity contribution in [3.8, 4) is 0 Å². The number of hydrogen-bond donors (Lipinski definition) is 1. The number of anilines is 1. The zero-order valence-electron chi connectivity index (χ0n) is 25.7. The van der Waals surface area contributed by atoms with Crippen LogP contribution in [-0.2, 0) is 4.79 Å². The lowest BCUT2D eigenvalue weighted by Crippen LogP contribution is -2.53. The smallest absolute Gasteiger partial charge is 0.295 e. The number of hydrazone groups is 1. The van der Waals surface area contributed by atoms with Gasteiger partial charge in [0.25, 0.3) is 5.69 Å². The molecule has 0 heterocycles. The number of Topliss-reactive ketones (excluding diaryl/α,β-unsaturated/α-hetero) is 1. The summed E-state index contributed by atoms with van der Waals surface area (Å²) in [6, 6.07) is 3.45. The first-order chi connectivity index (χ1) is 19.8. The third-order valence-corrected chi connectivity index (χ3v) is 11.7. The molecular formula is C33H46N4O5. The largest absolute Gasteiger partial charge is 0.301 e. The van der Waals surface area contributed by atoms with E-state index in [0.717, 1.165) is 42.2 Å². The molecule has 0 radical (unpaired) electrons. The average Bonchev–Trinajstić information content (AvgIpc) is 3.29. The second-order valence-corrected chi connectivity index (χ2v) is 14.4. The molecule has 0 bridgehead atoms. The predicted octanol–water partition coefficient (Wildman–Crippen LogP) is 8.49. The van der Waals surface area contributed by atoms with Gasteiger partial charge in [0.1, 0.15) is 5.69 Å². The van der Waals surface area contributed by atoms with Crippen LogP contribution < -0.4 is 5.43 Å². The van der Waals surface area contributed by atoms with E-state index in [-0.39, 0.29) is 22.6 Å². The normalized spacial score (nSPS) is 33.9. The minimum atomic E-state index is -0.662. The number of allylic oxidation sites excluding steroid dienone is 2. The van der Waals surface area contributed by atoms with Gasteiger partial charge in [-0.25, -0.2) is 0 Å². The highest BCUT2D eigenvalue weighted by molar-refractivity contribution is 6.08. The topological polar surface area (TPSA) is 128 Å². The van der Waals surface area contributed by atoms with Crippen LogP contribution in [0.4, 0.5) is 17.1 Å². The lowest BCUT2D eigenvalue weighted by atomic mass is 9.46. The molecule has 0 amide bonds. The Labute approximate surface area is 248 Å². The van der Waals surface area contributed by atoms with E-state index >= 15 is 0 Å². The Hall–Kier alpha value is -3.10. The number of non-ortho nitro benzene ring substituents is 1. The van der Waals surface area contributed by atoms with E-state index in [1.165, 1.54) is 50.7 Å². The highest BCUT2D eigenvalue weighted by Crippen LogP contribution is 2.67. The van der Waals surface area contributed by atoms with Crippen molar-refractivity contribution in [1.82, 2.24) is 0 Å². The molecule has 7 atom stereocenters. The van der Waals surface area contributed by atoms with Gasteiger partial charge in [-0.05, 0) is 97.0 Å². The number of hydrogen-bond acceptors (Lipinski definition) is 7. The molecule has 0 aliphatic heterocycles. The Morgan fingerprint density at radius 1 is 1.02 bits per heavy atom. The summed E-state index contributed by atoms with van der Waals surface area (Å²) in [4.78, 5) is 35.0. The van der Waals surface area contributed by atoms with Crippen LogP contribution in [-0.4, -0.2) is 21.3 Å². The monoisotopic (exact) mass is 578 g/mol. The number of nitro groups is 2. The average molecular weight is 579 g/mol. The molecule has 3 fully saturated rings. The summed E-state index contributed by atoms with van der Waals surface area (Å²) in [5, 5.41) is 27.0. The number of benzene rings is 1. The van der Waals surface area contributed by atoms with Crippen LogP contribution >= 0.6 is 0 Å². The van der Waals surface area contributed by atoms with Crippen molar-refractivity contribution in [2.45, 2.75) is 98.8 Å². The lowest BCUT2D eigenvalue weighted by Gasteiger charge is -2.58. The molecule has 0 aromatic heterocycles.